The van der Waals surface area contributed by atoms with Crippen LogP contribution in [0.3, 0.4) is 0 Å². The first-order chi connectivity index (χ1) is 7.45. The molecule has 1 heterocycles. The van der Waals surface area contributed by atoms with Crippen molar-refractivity contribution >= 4 is 13.2 Å². The van der Waals surface area contributed by atoms with Crippen molar-refractivity contribution in [3.63, 3.8) is 0 Å². The Balaban J connectivity index is 1.83. The molecule has 1 unspecified atom stereocenters. The lowest BCUT2D eigenvalue weighted by molar-refractivity contribution is 0.512. The van der Waals surface area contributed by atoms with E-state index >= 15 is 0 Å². The predicted octanol–water partition coefficient (Wildman–Crippen LogP) is 3.68. The van der Waals surface area contributed by atoms with E-state index in [4.69, 9.17) is 0 Å². The first-order valence-electron chi connectivity index (χ1n) is 6.30. The van der Waals surface area contributed by atoms with Crippen LogP contribution in [-0.4, -0.2) is 11.8 Å². The number of hydrogen-bond donors (Lipinski definition) is 0. The SMILES string of the molecule is c1ccc2c(c1)CCP2C1CCCCC1. The summed E-state index contributed by atoms with van der Waals surface area (Å²) in [6.45, 7) is 0. The van der Waals surface area contributed by atoms with Gasteiger partial charge in [0.2, 0.25) is 0 Å². The third-order valence-electron chi connectivity index (χ3n) is 3.94. The first-order valence-corrected chi connectivity index (χ1v) is 7.89. The van der Waals surface area contributed by atoms with E-state index in [9.17, 15) is 0 Å². The first kappa shape index (κ1) is 9.85. The van der Waals surface area contributed by atoms with Crippen LogP contribution in [0, 0.1) is 0 Å². The minimum absolute atomic E-state index is 0.221. The van der Waals surface area contributed by atoms with E-state index < -0.39 is 0 Å². The summed E-state index contributed by atoms with van der Waals surface area (Å²) in [4.78, 5) is 0. The van der Waals surface area contributed by atoms with Gasteiger partial charge in [0.15, 0.2) is 0 Å². The van der Waals surface area contributed by atoms with Crippen molar-refractivity contribution in [3.05, 3.63) is 29.8 Å². The minimum atomic E-state index is 0.221. The summed E-state index contributed by atoms with van der Waals surface area (Å²) in [6, 6.07) is 9.20. The molecule has 1 fully saturated rings. The number of benzene rings is 1. The van der Waals surface area contributed by atoms with Crippen LogP contribution in [-0.2, 0) is 6.42 Å². The number of hydrogen-bond acceptors (Lipinski definition) is 0. The highest BCUT2D eigenvalue weighted by Crippen LogP contribution is 2.50. The van der Waals surface area contributed by atoms with Crippen molar-refractivity contribution in [1.82, 2.24) is 0 Å². The molecule has 0 radical (unpaired) electrons. The van der Waals surface area contributed by atoms with Crippen molar-refractivity contribution < 1.29 is 0 Å². The van der Waals surface area contributed by atoms with Crippen molar-refractivity contribution in [3.8, 4) is 0 Å². The molecular formula is C14H19P. The maximum Gasteiger partial charge on any atom is -0.0169 e. The van der Waals surface area contributed by atoms with Gasteiger partial charge in [0, 0.05) is 0 Å². The van der Waals surface area contributed by atoms with Gasteiger partial charge < -0.3 is 0 Å². The molecule has 0 aromatic heterocycles. The molecule has 1 saturated carbocycles. The lowest BCUT2D eigenvalue weighted by atomic mass is 10.0. The van der Waals surface area contributed by atoms with Crippen molar-refractivity contribution in [2.75, 3.05) is 6.16 Å². The van der Waals surface area contributed by atoms with Gasteiger partial charge in [-0.25, -0.2) is 0 Å². The van der Waals surface area contributed by atoms with Crippen LogP contribution < -0.4 is 5.30 Å². The fourth-order valence-electron chi connectivity index (χ4n) is 3.14. The molecule has 0 spiro atoms. The Morgan fingerprint density at radius 2 is 1.80 bits per heavy atom. The minimum Gasteiger partial charge on any atom is -0.0715 e. The Bertz CT molecular complexity index is 339. The second kappa shape index (κ2) is 4.26. The van der Waals surface area contributed by atoms with E-state index in [0.717, 1.165) is 5.66 Å². The highest BCUT2D eigenvalue weighted by Gasteiger charge is 2.29. The second-order valence-corrected chi connectivity index (χ2v) is 7.46. The largest absolute Gasteiger partial charge is 0.0715 e. The summed E-state index contributed by atoms with van der Waals surface area (Å²) in [5.41, 5.74) is 2.73. The monoisotopic (exact) mass is 218 g/mol. The molecule has 0 amide bonds. The summed E-state index contributed by atoms with van der Waals surface area (Å²) in [5, 5.41) is 1.75. The highest BCUT2D eigenvalue weighted by atomic mass is 31.1. The second-order valence-electron chi connectivity index (χ2n) is 4.86. The topological polar surface area (TPSA) is 0 Å². The van der Waals surface area contributed by atoms with Crippen LogP contribution in [0.1, 0.15) is 37.7 Å². The number of rotatable bonds is 1. The van der Waals surface area contributed by atoms with E-state index in [2.05, 4.69) is 24.3 Å². The average molecular weight is 218 g/mol. The molecule has 3 rings (SSSR count). The Kier molecular flexibility index (Phi) is 2.79. The standard InChI is InChI=1S/C14H19P/c1-2-7-13(8-3-1)15-11-10-12-6-4-5-9-14(12)15/h4-6,9,13H,1-3,7-8,10-11H2. The molecule has 80 valence electrons. The Morgan fingerprint density at radius 1 is 1.00 bits per heavy atom. The van der Waals surface area contributed by atoms with Gasteiger partial charge in [0.05, 0.1) is 0 Å². The Hall–Kier alpha value is -0.350. The lowest BCUT2D eigenvalue weighted by Gasteiger charge is -2.28. The molecule has 2 aliphatic rings. The molecule has 0 nitrogen and oxygen atoms in total. The summed E-state index contributed by atoms with van der Waals surface area (Å²) in [7, 11) is 0.221. The zero-order valence-electron chi connectivity index (χ0n) is 9.28. The van der Waals surface area contributed by atoms with E-state index in [1.165, 1.54) is 44.7 Å². The van der Waals surface area contributed by atoms with Crippen LogP contribution in [0.2, 0.25) is 0 Å². The zero-order valence-corrected chi connectivity index (χ0v) is 10.2. The van der Waals surface area contributed by atoms with Crippen LogP contribution in [0.4, 0.5) is 0 Å². The van der Waals surface area contributed by atoms with Gasteiger partial charge in [-0.05, 0) is 42.0 Å². The molecule has 0 saturated heterocycles. The maximum atomic E-state index is 2.41. The van der Waals surface area contributed by atoms with Crippen molar-refractivity contribution in [1.29, 1.82) is 0 Å². The van der Waals surface area contributed by atoms with E-state index in [0.29, 0.717) is 0 Å². The fourth-order valence-corrected chi connectivity index (χ4v) is 6.44. The van der Waals surface area contributed by atoms with Gasteiger partial charge in [-0.15, -0.1) is 0 Å². The van der Waals surface area contributed by atoms with Gasteiger partial charge in [-0.3, -0.25) is 0 Å². The normalized spacial score (nSPS) is 26.5. The molecular weight excluding hydrogens is 199 g/mol. The van der Waals surface area contributed by atoms with Gasteiger partial charge in [0.1, 0.15) is 0 Å². The third-order valence-corrected chi connectivity index (χ3v) is 7.10. The molecule has 1 heteroatoms. The van der Waals surface area contributed by atoms with Crippen LogP contribution in [0.5, 0.6) is 0 Å². The van der Waals surface area contributed by atoms with Crippen molar-refractivity contribution in [2.45, 2.75) is 44.2 Å². The summed E-state index contributed by atoms with van der Waals surface area (Å²) in [5.74, 6) is 0. The Morgan fingerprint density at radius 3 is 2.67 bits per heavy atom. The molecule has 1 aromatic rings. The Labute approximate surface area is 93.8 Å². The van der Waals surface area contributed by atoms with Crippen LogP contribution in [0.15, 0.2) is 24.3 Å². The maximum absolute atomic E-state index is 2.41. The van der Waals surface area contributed by atoms with Crippen molar-refractivity contribution in [2.24, 2.45) is 0 Å². The van der Waals surface area contributed by atoms with Gasteiger partial charge in [-0.1, -0.05) is 51.4 Å². The molecule has 1 aliphatic heterocycles. The molecule has 1 aliphatic carbocycles. The average Bonchev–Trinajstić information content (AvgIpc) is 2.74. The predicted molar refractivity (Wildman–Crippen MR) is 68.4 cm³/mol. The van der Waals surface area contributed by atoms with Crippen LogP contribution in [0.25, 0.3) is 0 Å². The summed E-state index contributed by atoms with van der Waals surface area (Å²) >= 11 is 0. The zero-order chi connectivity index (χ0) is 10.1. The molecule has 1 aromatic carbocycles. The lowest BCUT2D eigenvalue weighted by Crippen LogP contribution is -2.16. The van der Waals surface area contributed by atoms with E-state index in [1.807, 2.05) is 0 Å². The van der Waals surface area contributed by atoms with Gasteiger partial charge in [0.25, 0.3) is 0 Å². The van der Waals surface area contributed by atoms with E-state index in [1.54, 1.807) is 10.9 Å². The molecule has 0 bridgehead atoms. The summed E-state index contributed by atoms with van der Waals surface area (Å²) < 4.78 is 0. The molecule has 0 N–H and O–H groups in total. The van der Waals surface area contributed by atoms with E-state index in [-0.39, 0.29) is 7.92 Å². The quantitative estimate of drug-likeness (QED) is 0.631. The smallest absolute Gasteiger partial charge is 0.0169 e. The molecule has 15 heavy (non-hydrogen) atoms. The number of aryl methyl sites for hydroxylation is 1. The fraction of sp³-hybridized carbons (Fsp3) is 0.571. The van der Waals surface area contributed by atoms with Gasteiger partial charge in [-0.2, -0.15) is 0 Å². The number of fused-ring (bicyclic) bond motifs is 1. The van der Waals surface area contributed by atoms with Gasteiger partial charge >= 0.3 is 0 Å². The van der Waals surface area contributed by atoms with Crippen LogP contribution >= 0.6 is 7.92 Å². The summed E-state index contributed by atoms with van der Waals surface area (Å²) in [6.07, 6.45) is 10.3. The molecule has 1 atom stereocenters. The highest BCUT2D eigenvalue weighted by molar-refractivity contribution is 7.66. The third kappa shape index (κ3) is 1.85.